The van der Waals surface area contributed by atoms with Crippen LogP contribution in [0.1, 0.15) is 7.43 Å². The van der Waals surface area contributed by atoms with Crippen molar-refractivity contribution in [3.63, 3.8) is 0 Å². The van der Waals surface area contributed by atoms with E-state index in [9.17, 15) is 19.1 Å². The van der Waals surface area contributed by atoms with Gasteiger partial charge in [0.15, 0.2) is 0 Å². The normalized spacial score (nSPS) is 11.9. The van der Waals surface area contributed by atoms with Gasteiger partial charge in [-0.15, -0.1) is 0 Å². The fraction of sp³-hybridized carbons (Fsp3) is 0.263. The maximum absolute atomic E-state index is 14.2. The number of nitrogens with one attached hydrogen (secondary N) is 1. The van der Waals surface area contributed by atoms with Crippen LogP contribution in [0.15, 0.2) is 46.1 Å². The van der Waals surface area contributed by atoms with Crippen molar-refractivity contribution in [3.05, 3.63) is 66.6 Å². The molecular weight excluding hydrogens is 480 g/mol. The van der Waals surface area contributed by atoms with Crippen LogP contribution in [0, 0.1) is 9.39 Å². The van der Waals surface area contributed by atoms with E-state index in [0.29, 0.717) is 9.09 Å². The predicted molar refractivity (Wildman–Crippen MR) is 116 cm³/mol. The van der Waals surface area contributed by atoms with Crippen LogP contribution < -0.4 is 16.4 Å². The Bertz CT molecular complexity index is 1130. The van der Waals surface area contributed by atoms with Gasteiger partial charge in [0.1, 0.15) is 5.82 Å². The fourth-order valence-electron chi connectivity index (χ4n) is 2.77. The SMILES string of the molecule is C.Cn1c(=O)cc(Nc2ccc(I)cc2F)c2c(=O)n(C[C@@H](O)CO)ccc21. The number of pyridine rings is 2. The average molecular weight is 501 g/mol. The topological polar surface area (TPSA) is 96.5 Å². The molecule has 0 aliphatic heterocycles. The van der Waals surface area contributed by atoms with Crippen molar-refractivity contribution in [3.8, 4) is 0 Å². The number of aromatic nitrogens is 2. The van der Waals surface area contributed by atoms with Gasteiger partial charge in [0.2, 0.25) is 0 Å². The van der Waals surface area contributed by atoms with Crippen molar-refractivity contribution in [2.45, 2.75) is 20.1 Å². The molecular formula is C19H21FIN3O4. The third-order valence-electron chi connectivity index (χ3n) is 4.19. The number of nitrogens with zero attached hydrogens (tertiary/aromatic N) is 2. The van der Waals surface area contributed by atoms with Crippen LogP contribution in [0.25, 0.3) is 10.9 Å². The van der Waals surface area contributed by atoms with Crippen LogP contribution in [0.2, 0.25) is 0 Å². The summed E-state index contributed by atoms with van der Waals surface area (Å²) in [5.74, 6) is -0.511. The minimum Gasteiger partial charge on any atom is -0.394 e. The Balaban J connectivity index is 0.00000280. The summed E-state index contributed by atoms with van der Waals surface area (Å²) in [5.41, 5.74) is -0.149. The number of aryl methyl sites for hydroxylation is 1. The van der Waals surface area contributed by atoms with E-state index < -0.39 is 24.1 Å². The number of halogens is 2. The summed E-state index contributed by atoms with van der Waals surface area (Å²) in [7, 11) is 1.53. The third-order valence-corrected chi connectivity index (χ3v) is 4.86. The van der Waals surface area contributed by atoms with E-state index in [1.165, 1.54) is 40.6 Å². The number of aliphatic hydroxyl groups is 2. The first-order chi connectivity index (χ1) is 12.8. The van der Waals surface area contributed by atoms with Crippen LogP contribution in [-0.2, 0) is 13.6 Å². The summed E-state index contributed by atoms with van der Waals surface area (Å²) in [6.07, 6.45) is 0.343. The standard InChI is InChI=1S/C18H17FIN3O4.CH4/c1-22-15-4-5-23(8-11(25)9-24)18(27)17(15)14(7-16(22)26)21-13-3-2-10(20)6-12(13)19;/h2-7,11,21,24-25H,8-9H2,1H3;1H4/t11-;/m1./s1. The summed E-state index contributed by atoms with van der Waals surface area (Å²) in [6, 6.07) is 7.36. The van der Waals surface area contributed by atoms with Gasteiger partial charge in [0, 0.05) is 22.9 Å². The lowest BCUT2D eigenvalue weighted by atomic mass is 10.2. The molecule has 28 heavy (non-hydrogen) atoms. The molecule has 1 aromatic carbocycles. The van der Waals surface area contributed by atoms with E-state index in [1.54, 1.807) is 12.1 Å². The molecule has 0 aliphatic carbocycles. The highest BCUT2D eigenvalue weighted by molar-refractivity contribution is 14.1. The van der Waals surface area contributed by atoms with Crippen molar-refractivity contribution < 1.29 is 14.6 Å². The summed E-state index contributed by atoms with van der Waals surface area (Å²) >= 11 is 1.98. The quantitative estimate of drug-likeness (QED) is 0.466. The molecule has 1 atom stereocenters. The Hall–Kier alpha value is -2.24. The van der Waals surface area contributed by atoms with Gasteiger partial charge in [-0.3, -0.25) is 9.59 Å². The second-order valence-corrected chi connectivity index (χ2v) is 7.32. The largest absolute Gasteiger partial charge is 0.394 e. The molecule has 3 rings (SSSR count). The van der Waals surface area contributed by atoms with Crippen molar-refractivity contribution in [2.24, 2.45) is 7.05 Å². The van der Waals surface area contributed by atoms with Crippen molar-refractivity contribution >= 4 is 44.9 Å². The molecule has 0 radical (unpaired) electrons. The van der Waals surface area contributed by atoms with Gasteiger partial charge in [-0.05, 0) is 46.9 Å². The monoisotopic (exact) mass is 501 g/mol. The highest BCUT2D eigenvalue weighted by Crippen LogP contribution is 2.25. The zero-order valence-corrected chi connectivity index (χ0v) is 16.5. The molecule has 0 amide bonds. The molecule has 0 unspecified atom stereocenters. The molecule has 7 nitrogen and oxygen atoms in total. The van der Waals surface area contributed by atoms with Crippen LogP contribution in [-0.4, -0.2) is 32.1 Å². The minimum absolute atomic E-state index is 0. The molecule has 150 valence electrons. The first-order valence-electron chi connectivity index (χ1n) is 8.06. The zero-order chi connectivity index (χ0) is 19.7. The second-order valence-electron chi connectivity index (χ2n) is 6.07. The number of hydrogen-bond acceptors (Lipinski definition) is 5. The van der Waals surface area contributed by atoms with Crippen LogP contribution in [0.5, 0.6) is 0 Å². The lowest BCUT2D eigenvalue weighted by Crippen LogP contribution is -2.30. The highest BCUT2D eigenvalue weighted by Gasteiger charge is 2.15. The number of anilines is 2. The summed E-state index contributed by atoms with van der Waals surface area (Å²) in [6.45, 7) is -0.595. The molecule has 2 heterocycles. The minimum atomic E-state index is -1.10. The Kier molecular flexibility index (Phi) is 6.96. The zero-order valence-electron chi connectivity index (χ0n) is 14.3. The lowest BCUT2D eigenvalue weighted by molar-refractivity contribution is 0.0805. The summed E-state index contributed by atoms with van der Waals surface area (Å²) in [4.78, 5) is 25.2. The predicted octanol–water partition coefficient (Wildman–Crippen LogP) is 2.18. The summed E-state index contributed by atoms with van der Waals surface area (Å²) in [5, 5.41) is 21.7. The van der Waals surface area contributed by atoms with Gasteiger partial charge in [0.25, 0.3) is 11.1 Å². The number of fused-ring (bicyclic) bond motifs is 1. The van der Waals surface area contributed by atoms with Gasteiger partial charge in [-0.1, -0.05) is 7.43 Å². The Labute approximate surface area is 174 Å². The van der Waals surface area contributed by atoms with Crippen molar-refractivity contribution in [2.75, 3.05) is 11.9 Å². The van der Waals surface area contributed by atoms with E-state index >= 15 is 0 Å². The fourth-order valence-corrected chi connectivity index (χ4v) is 3.22. The van der Waals surface area contributed by atoms with E-state index in [0.717, 1.165) is 0 Å². The Morgan fingerprint density at radius 1 is 1.21 bits per heavy atom. The highest BCUT2D eigenvalue weighted by atomic mass is 127. The molecule has 0 bridgehead atoms. The molecule has 2 aromatic heterocycles. The number of hydrogen-bond donors (Lipinski definition) is 3. The van der Waals surface area contributed by atoms with Gasteiger partial charge in [-0.2, -0.15) is 0 Å². The number of aliphatic hydroxyl groups excluding tert-OH is 2. The summed E-state index contributed by atoms with van der Waals surface area (Å²) < 4.78 is 17.5. The molecule has 0 aliphatic rings. The maximum Gasteiger partial charge on any atom is 0.262 e. The van der Waals surface area contributed by atoms with Crippen molar-refractivity contribution in [1.82, 2.24) is 9.13 Å². The first-order valence-corrected chi connectivity index (χ1v) is 9.14. The third kappa shape index (κ3) is 4.26. The van der Waals surface area contributed by atoms with E-state index in [-0.39, 0.29) is 36.3 Å². The van der Waals surface area contributed by atoms with E-state index in [2.05, 4.69) is 5.32 Å². The van der Waals surface area contributed by atoms with Crippen molar-refractivity contribution in [1.29, 1.82) is 0 Å². The second kappa shape index (κ2) is 8.84. The van der Waals surface area contributed by atoms with Gasteiger partial charge < -0.3 is 24.7 Å². The maximum atomic E-state index is 14.2. The number of rotatable bonds is 5. The van der Waals surface area contributed by atoms with E-state index in [1.807, 2.05) is 22.6 Å². The molecule has 0 fully saturated rings. The molecule has 0 saturated heterocycles. The first kappa shape index (κ1) is 22.1. The molecule has 0 saturated carbocycles. The molecule has 3 N–H and O–H groups in total. The van der Waals surface area contributed by atoms with Gasteiger partial charge >= 0.3 is 0 Å². The van der Waals surface area contributed by atoms with Crippen LogP contribution >= 0.6 is 22.6 Å². The Morgan fingerprint density at radius 2 is 1.93 bits per heavy atom. The smallest absolute Gasteiger partial charge is 0.262 e. The molecule has 9 heteroatoms. The van der Waals surface area contributed by atoms with Crippen LogP contribution in [0.3, 0.4) is 0 Å². The van der Waals surface area contributed by atoms with Gasteiger partial charge in [-0.25, -0.2) is 4.39 Å². The molecule has 0 spiro atoms. The Morgan fingerprint density at radius 3 is 2.57 bits per heavy atom. The van der Waals surface area contributed by atoms with E-state index in [4.69, 9.17) is 5.11 Å². The van der Waals surface area contributed by atoms with Gasteiger partial charge in [0.05, 0.1) is 41.5 Å². The molecule has 3 aromatic rings. The lowest BCUT2D eigenvalue weighted by Gasteiger charge is -2.15. The number of benzene rings is 1. The van der Waals surface area contributed by atoms with Crippen LogP contribution in [0.4, 0.5) is 15.8 Å². The average Bonchev–Trinajstić information content (AvgIpc) is 2.63.